The number of hydrogen-bond donors (Lipinski definition) is 0. The second kappa shape index (κ2) is 8.94. The summed E-state index contributed by atoms with van der Waals surface area (Å²) in [5.41, 5.74) is 0.955. The Kier molecular flexibility index (Phi) is 6.36. The molecule has 1 aromatic heterocycles. The summed E-state index contributed by atoms with van der Waals surface area (Å²) in [6.07, 6.45) is -2.04. The third kappa shape index (κ3) is 4.85. The van der Waals surface area contributed by atoms with Gasteiger partial charge in [0.1, 0.15) is 11.3 Å². The zero-order chi connectivity index (χ0) is 20.9. The molecule has 0 amide bonds. The van der Waals surface area contributed by atoms with Gasteiger partial charge >= 0.3 is 6.18 Å². The lowest BCUT2D eigenvalue weighted by molar-refractivity contribution is -0.139. The number of alkyl halides is 3. The molecule has 0 saturated heterocycles. The molecule has 0 unspecified atom stereocenters. The Morgan fingerprint density at radius 2 is 1.66 bits per heavy atom. The lowest BCUT2D eigenvalue weighted by atomic mass is 10.1. The van der Waals surface area contributed by atoms with Gasteiger partial charge in [0, 0.05) is 18.4 Å². The van der Waals surface area contributed by atoms with Crippen LogP contribution < -0.4 is 9.64 Å². The second-order valence-electron chi connectivity index (χ2n) is 6.42. The zero-order valence-electron chi connectivity index (χ0n) is 16.3. The number of benzene rings is 2. The number of hydrogen-bond acceptors (Lipinski definition) is 4. The van der Waals surface area contributed by atoms with Gasteiger partial charge in [-0.2, -0.15) is 18.2 Å². The van der Waals surface area contributed by atoms with Crippen LogP contribution in [0.3, 0.4) is 0 Å². The molecule has 2 aromatic carbocycles. The number of para-hydroxylation sites is 2. The average Bonchev–Trinajstić information content (AvgIpc) is 2.70. The van der Waals surface area contributed by atoms with Gasteiger partial charge in [-0.05, 0) is 37.1 Å². The van der Waals surface area contributed by atoms with E-state index in [-0.39, 0.29) is 11.7 Å². The number of nitrogens with zero attached hydrogens (tertiary/aromatic N) is 3. The van der Waals surface area contributed by atoms with Crippen molar-refractivity contribution in [2.75, 3.05) is 11.4 Å². The predicted octanol–water partition coefficient (Wildman–Crippen LogP) is 6.40. The van der Waals surface area contributed by atoms with E-state index in [9.17, 15) is 13.2 Å². The highest BCUT2D eigenvalue weighted by atomic mass is 19.4. The molecule has 152 valence electrons. The van der Waals surface area contributed by atoms with E-state index in [1.165, 1.54) is 0 Å². The Hall–Kier alpha value is -3.09. The molecule has 0 atom stereocenters. The molecule has 0 aliphatic carbocycles. The standard InChI is InChI=1S/C22H22F3N3O/c1-3-10-16-11-8-9-14-19(16)28(4-2)21-26-15-18(22(23,24)25)20(27-21)29-17-12-6-5-7-13-17/h5-9,11-15H,3-4,10H2,1-2H3. The molecule has 7 heteroatoms. The van der Waals surface area contributed by atoms with Crippen LogP contribution >= 0.6 is 0 Å². The number of anilines is 2. The Morgan fingerprint density at radius 3 is 2.31 bits per heavy atom. The van der Waals surface area contributed by atoms with Gasteiger partial charge in [-0.1, -0.05) is 49.7 Å². The molecule has 4 nitrogen and oxygen atoms in total. The highest BCUT2D eigenvalue weighted by Crippen LogP contribution is 2.38. The zero-order valence-corrected chi connectivity index (χ0v) is 16.3. The molecule has 29 heavy (non-hydrogen) atoms. The molecule has 0 aliphatic rings. The van der Waals surface area contributed by atoms with Gasteiger partial charge in [-0.3, -0.25) is 0 Å². The minimum Gasteiger partial charge on any atom is -0.438 e. The van der Waals surface area contributed by atoms with Crippen molar-refractivity contribution < 1.29 is 17.9 Å². The van der Waals surface area contributed by atoms with Crippen molar-refractivity contribution in [3.63, 3.8) is 0 Å². The van der Waals surface area contributed by atoms with Gasteiger partial charge in [-0.25, -0.2) is 4.98 Å². The summed E-state index contributed by atoms with van der Waals surface area (Å²) in [5.74, 6) is -0.0767. The minimum absolute atomic E-state index is 0.162. The first-order chi connectivity index (χ1) is 13.9. The fraction of sp³-hybridized carbons (Fsp3) is 0.273. The van der Waals surface area contributed by atoms with Crippen LogP contribution in [0, 0.1) is 0 Å². The summed E-state index contributed by atoms with van der Waals surface area (Å²) in [6, 6.07) is 16.1. The van der Waals surface area contributed by atoms with E-state index < -0.39 is 17.6 Å². The van der Waals surface area contributed by atoms with E-state index >= 15 is 0 Å². The number of aryl methyl sites for hydroxylation is 1. The van der Waals surface area contributed by atoms with Gasteiger partial charge in [0.05, 0.1) is 0 Å². The molecule has 0 bridgehead atoms. The number of aromatic nitrogens is 2. The maximum Gasteiger partial charge on any atom is 0.423 e. The molecule has 3 rings (SSSR count). The summed E-state index contributed by atoms with van der Waals surface area (Å²) < 4.78 is 45.9. The average molecular weight is 401 g/mol. The molecule has 3 aromatic rings. The van der Waals surface area contributed by atoms with E-state index in [1.54, 1.807) is 35.2 Å². The molecular formula is C22H22F3N3O. The lowest BCUT2D eigenvalue weighted by Crippen LogP contribution is -2.21. The highest BCUT2D eigenvalue weighted by molar-refractivity contribution is 5.62. The first-order valence-electron chi connectivity index (χ1n) is 9.46. The van der Waals surface area contributed by atoms with Crippen LogP contribution in [0.2, 0.25) is 0 Å². The van der Waals surface area contributed by atoms with Crippen molar-refractivity contribution in [1.29, 1.82) is 0 Å². The quantitative estimate of drug-likeness (QED) is 0.459. The van der Waals surface area contributed by atoms with Gasteiger partial charge in [0.25, 0.3) is 0 Å². The van der Waals surface area contributed by atoms with Crippen molar-refractivity contribution in [2.24, 2.45) is 0 Å². The van der Waals surface area contributed by atoms with E-state index in [1.807, 2.05) is 31.2 Å². The number of halogens is 3. The fourth-order valence-electron chi connectivity index (χ4n) is 3.03. The van der Waals surface area contributed by atoms with Gasteiger partial charge in [0.15, 0.2) is 0 Å². The molecule has 0 spiro atoms. The lowest BCUT2D eigenvalue weighted by Gasteiger charge is -2.24. The first kappa shape index (κ1) is 20.6. The third-order valence-electron chi connectivity index (χ3n) is 4.36. The van der Waals surface area contributed by atoms with Crippen molar-refractivity contribution in [3.8, 4) is 11.6 Å². The maximum atomic E-state index is 13.5. The SMILES string of the molecule is CCCc1ccccc1N(CC)c1ncc(C(F)(F)F)c(Oc2ccccc2)n1. The normalized spacial score (nSPS) is 11.3. The highest BCUT2D eigenvalue weighted by Gasteiger charge is 2.37. The summed E-state index contributed by atoms with van der Waals surface area (Å²) in [7, 11) is 0. The second-order valence-corrected chi connectivity index (χ2v) is 6.42. The maximum absolute atomic E-state index is 13.5. The summed E-state index contributed by atoms with van der Waals surface area (Å²) in [6.45, 7) is 4.48. The van der Waals surface area contributed by atoms with Gasteiger partial charge < -0.3 is 9.64 Å². The van der Waals surface area contributed by atoms with E-state index in [0.717, 1.165) is 30.3 Å². The topological polar surface area (TPSA) is 38.2 Å². The first-order valence-corrected chi connectivity index (χ1v) is 9.46. The third-order valence-corrected chi connectivity index (χ3v) is 4.36. The predicted molar refractivity (Wildman–Crippen MR) is 107 cm³/mol. The molecule has 1 heterocycles. The molecule has 0 N–H and O–H groups in total. The van der Waals surface area contributed by atoms with Crippen LogP contribution in [0.25, 0.3) is 0 Å². The Balaban J connectivity index is 2.06. The van der Waals surface area contributed by atoms with Crippen molar-refractivity contribution in [2.45, 2.75) is 32.9 Å². The number of ether oxygens (including phenoxy) is 1. The van der Waals surface area contributed by atoms with E-state index in [0.29, 0.717) is 6.54 Å². The van der Waals surface area contributed by atoms with Gasteiger partial charge in [-0.15, -0.1) is 0 Å². The van der Waals surface area contributed by atoms with Crippen LogP contribution in [-0.4, -0.2) is 16.5 Å². The molecule has 0 radical (unpaired) electrons. The smallest absolute Gasteiger partial charge is 0.423 e. The van der Waals surface area contributed by atoms with Crippen molar-refractivity contribution in [3.05, 3.63) is 71.9 Å². The summed E-state index contributed by atoms with van der Waals surface area (Å²) >= 11 is 0. The molecule has 0 fully saturated rings. The summed E-state index contributed by atoms with van der Waals surface area (Å²) in [4.78, 5) is 9.96. The molecule has 0 aliphatic heterocycles. The largest absolute Gasteiger partial charge is 0.438 e. The van der Waals surface area contributed by atoms with E-state index in [2.05, 4.69) is 16.9 Å². The molecular weight excluding hydrogens is 379 g/mol. The fourth-order valence-corrected chi connectivity index (χ4v) is 3.03. The molecule has 0 saturated carbocycles. The van der Waals surface area contributed by atoms with Gasteiger partial charge in [0.2, 0.25) is 11.8 Å². The van der Waals surface area contributed by atoms with Crippen LogP contribution in [0.5, 0.6) is 11.6 Å². The van der Waals surface area contributed by atoms with Crippen molar-refractivity contribution in [1.82, 2.24) is 9.97 Å². The minimum atomic E-state index is -4.63. The van der Waals surface area contributed by atoms with E-state index in [4.69, 9.17) is 4.74 Å². The van der Waals surface area contributed by atoms with Crippen LogP contribution in [0.1, 0.15) is 31.4 Å². The number of rotatable bonds is 7. The monoisotopic (exact) mass is 401 g/mol. The van der Waals surface area contributed by atoms with Crippen molar-refractivity contribution >= 4 is 11.6 Å². The van der Waals surface area contributed by atoms with Crippen LogP contribution in [-0.2, 0) is 12.6 Å². The Labute approximate surface area is 168 Å². The summed E-state index contributed by atoms with van der Waals surface area (Å²) in [5, 5.41) is 0. The van der Waals surface area contributed by atoms with Crippen LogP contribution in [0.15, 0.2) is 60.8 Å². The van der Waals surface area contributed by atoms with Crippen LogP contribution in [0.4, 0.5) is 24.8 Å². The Morgan fingerprint density at radius 1 is 0.966 bits per heavy atom. The Bertz CT molecular complexity index is 946.